The Morgan fingerprint density at radius 3 is 2.84 bits per heavy atom. The first-order valence-electron chi connectivity index (χ1n) is 8.39. The number of nitrogens with zero attached hydrogens (tertiary/aromatic N) is 2. The minimum Gasteiger partial charge on any atom is -0.455 e. The van der Waals surface area contributed by atoms with Crippen molar-refractivity contribution in [3.63, 3.8) is 0 Å². The second-order valence-corrected chi connectivity index (χ2v) is 5.99. The molecule has 1 aliphatic rings. The topological polar surface area (TPSA) is 73.2 Å². The quantitative estimate of drug-likeness (QED) is 0.648. The van der Waals surface area contributed by atoms with Gasteiger partial charge >= 0.3 is 5.97 Å². The Kier molecular flexibility index (Phi) is 5.61. The molecular weight excluding hydrogens is 318 g/mol. The van der Waals surface area contributed by atoms with Crippen LogP contribution in [-0.2, 0) is 20.9 Å². The Morgan fingerprint density at radius 2 is 2.08 bits per heavy atom. The lowest BCUT2D eigenvalue weighted by Crippen LogP contribution is -2.30. The minimum absolute atomic E-state index is 0.123. The van der Waals surface area contributed by atoms with Crippen molar-refractivity contribution >= 4 is 11.9 Å². The molecule has 1 N–H and O–H groups in total. The summed E-state index contributed by atoms with van der Waals surface area (Å²) in [6.45, 7) is 0.0985. The molecule has 1 amide bonds. The zero-order valence-electron chi connectivity index (χ0n) is 13.9. The van der Waals surface area contributed by atoms with Crippen LogP contribution in [-0.4, -0.2) is 28.3 Å². The lowest BCUT2D eigenvalue weighted by Gasteiger charge is -2.16. The van der Waals surface area contributed by atoms with Gasteiger partial charge in [-0.1, -0.05) is 30.4 Å². The van der Waals surface area contributed by atoms with E-state index in [-0.39, 0.29) is 24.4 Å². The summed E-state index contributed by atoms with van der Waals surface area (Å²) in [7, 11) is 0. The molecule has 0 aliphatic heterocycles. The number of benzene rings is 1. The maximum atomic E-state index is 11.9. The van der Waals surface area contributed by atoms with Gasteiger partial charge in [-0.25, -0.2) is 4.68 Å². The van der Waals surface area contributed by atoms with E-state index in [2.05, 4.69) is 16.5 Å². The van der Waals surface area contributed by atoms with Gasteiger partial charge in [0.1, 0.15) is 0 Å². The molecule has 3 rings (SSSR count). The summed E-state index contributed by atoms with van der Waals surface area (Å²) >= 11 is 0. The van der Waals surface area contributed by atoms with Gasteiger partial charge in [-0.05, 0) is 31.4 Å². The molecule has 1 heterocycles. The second-order valence-electron chi connectivity index (χ2n) is 5.99. The molecule has 6 heteroatoms. The average molecular weight is 339 g/mol. The molecular formula is C19H21N3O3. The molecule has 1 aliphatic carbocycles. The maximum Gasteiger partial charge on any atom is 0.309 e. The highest BCUT2D eigenvalue weighted by Crippen LogP contribution is 2.19. The Balaban J connectivity index is 1.42. The number of nitrogens with one attached hydrogen (secondary N) is 1. The molecule has 1 aromatic carbocycles. The number of ether oxygens (including phenoxy) is 1. The number of allylic oxidation sites excluding steroid dienone is 2. The van der Waals surface area contributed by atoms with Crippen molar-refractivity contribution < 1.29 is 14.3 Å². The van der Waals surface area contributed by atoms with Gasteiger partial charge in [-0.3, -0.25) is 9.59 Å². The van der Waals surface area contributed by atoms with Gasteiger partial charge in [-0.15, -0.1) is 0 Å². The van der Waals surface area contributed by atoms with Gasteiger partial charge in [0.05, 0.1) is 17.8 Å². The van der Waals surface area contributed by atoms with Gasteiger partial charge < -0.3 is 10.1 Å². The minimum atomic E-state index is -0.313. The fraction of sp³-hybridized carbons (Fsp3) is 0.316. The highest BCUT2D eigenvalue weighted by Gasteiger charge is 2.20. The van der Waals surface area contributed by atoms with Crippen molar-refractivity contribution in [2.75, 3.05) is 6.61 Å². The van der Waals surface area contributed by atoms with E-state index in [0.717, 1.165) is 24.1 Å². The van der Waals surface area contributed by atoms with E-state index < -0.39 is 0 Å². The summed E-state index contributed by atoms with van der Waals surface area (Å²) in [5.41, 5.74) is 1.83. The van der Waals surface area contributed by atoms with Crippen LogP contribution in [0, 0.1) is 5.92 Å². The van der Waals surface area contributed by atoms with Crippen LogP contribution in [0.1, 0.15) is 24.8 Å². The summed E-state index contributed by atoms with van der Waals surface area (Å²) in [4.78, 5) is 23.7. The van der Waals surface area contributed by atoms with E-state index in [9.17, 15) is 9.59 Å². The number of amides is 1. The third kappa shape index (κ3) is 4.79. The summed E-state index contributed by atoms with van der Waals surface area (Å²) < 4.78 is 6.85. The largest absolute Gasteiger partial charge is 0.455 e. The number of hydrogen-bond donors (Lipinski definition) is 1. The van der Waals surface area contributed by atoms with Crippen LogP contribution in [0.2, 0.25) is 0 Å². The van der Waals surface area contributed by atoms with Gasteiger partial charge in [0, 0.05) is 18.3 Å². The van der Waals surface area contributed by atoms with Crippen LogP contribution in [0.3, 0.4) is 0 Å². The van der Waals surface area contributed by atoms with E-state index in [4.69, 9.17) is 4.74 Å². The lowest BCUT2D eigenvalue weighted by atomic mass is 9.95. The predicted molar refractivity (Wildman–Crippen MR) is 92.9 cm³/mol. The first kappa shape index (κ1) is 17.0. The second kappa shape index (κ2) is 8.28. The predicted octanol–water partition coefficient (Wildman–Crippen LogP) is 2.39. The molecule has 0 bridgehead atoms. The molecule has 0 fully saturated rings. The first-order chi connectivity index (χ1) is 12.2. The number of esters is 1. The molecule has 0 saturated heterocycles. The molecule has 0 radical (unpaired) electrons. The van der Waals surface area contributed by atoms with Crippen LogP contribution in [0.15, 0.2) is 54.9 Å². The van der Waals surface area contributed by atoms with E-state index in [1.165, 1.54) is 0 Å². The van der Waals surface area contributed by atoms with E-state index in [1.54, 1.807) is 10.9 Å². The smallest absolute Gasteiger partial charge is 0.309 e. The zero-order valence-corrected chi connectivity index (χ0v) is 13.9. The number of aromatic nitrogens is 2. The van der Waals surface area contributed by atoms with Gasteiger partial charge in [0.15, 0.2) is 6.61 Å². The highest BCUT2D eigenvalue weighted by molar-refractivity contribution is 5.81. The van der Waals surface area contributed by atoms with Crippen LogP contribution in [0.4, 0.5) is 0 Å². The Bertz CT molecular complexity index is 752. The first-order valence-corrected chi connectivity index (χ1v) is 8.39. The van der Waals surface area contributed by atoms with Crippen molar-refractivity contribution in [3.05, 3.63) is 60.4 Å². The Morgan fingerprint density at radius 1 is 1.24 bits per heavy atom. The van der Waals surface area contributed by atoms with E-state index in [0.29, 0.717) is 13.0 Å². The van der Waals surface area contributed by atoms with E-state index in [1.807, 2.05) is 42.6 Å². The Hall–Kier alpha value is -2.89. The average Bonchev–Trinajstić information content (AvgIpc) is 3.15. The molecule has 6 nitrogen and oxygen atoms in total. The fourth-order valence-electron chi connectivity index (χ4n) is 2.69. The molecule has 25 heavy (non-hydrogen) atoms. The molecule has 130 valence electrons. The van der Waals surface area contributed by atoms with Gasteiger partial charge in [0.2, 0.25) is 0 Å². The monoisotopic (exact) mass is 339 g/mol. The molecule has 1 atom stereocenters. The SMILES string of the molecule is O=C(COC(=O)C1CC=CCC1)NCc1cnn(-c2ccccc2)c1. The standard InChI is InChI=1S/C19H21N3O3/c23-18(14-25-19(24)16-7-3-1-4-8-16)20-11-15-12-21-22(13-15)17-9-5-2-6-10-17/h1-3,5-6,9-10,12-13,16H,4,7-8,11,14H2,(H,20,23). The van der Waals surface area contributed by atoms with E-state index >= 15 is 0 Å². The van der Waals surface area contributed by atoms with Crippen molar-refractivity contribution in [1.29, 1.82) is 0 Å². The highest BCUT2D eigenvalue weighted by atomic mass is 16.5. The third-order valence-electron chi connectivity index (χ3n) is 4.09. The number of carbonyl (C=O) groups excluding carboxylic acids is 2. The molecule has 2 aromatic rings. The normalized spacial score (nSPS) is 16.4. The fourth-order valence-corrected chi connectivity index (χ4v) is 2.69. The van der Waals surface area contributed by atoms with Gasteiger partial charge in [-0.2, -0.15) is 5.10 Å². The van der Waals surface area contributed by atoms with Crippen molar-refractivity contribution in [2.24, 2.45) is 5.92 Å². The maximum absolute atomic E-state index is 11.9. The van der Waals surface area contributed by atoms with Crippen LogP contribution in [0.25, 0.3) is 5.69 Å². The van der Waals surface area contributed by atoms with Crippen LogP contribution >= 0.6 is 0 Å². The number of carbonyl (C=O) groups is 2. The number of rotatable bonds is 6. The summed E-state index contributed by atoms with van der Waals surface area (Å²) in [6, 6.07) is 9.73. The molecule has 1 unspecified atom stereocenters. The van der Waals surface area contributed by atoms with Crippen LogP contribution in [0.5, 0.6) is 0 Å². The zero-order chi connectivity index (χ0) is 17.5. The molecule has 0 spiro atoms. The Labute approximate surface area is 146 Å². The van der Waals surface area contributed by atoms with Crippen molar-refractivity contribution in [2.45, 2.75) is 25.8 Å². The molecule has 0 saturated carbocycles. The number of hydrogen-bond acceptors (Lipinski definition) is 4. The summed E-state index contributed by atoms with van der Waals surface area (Å²) in [5, 5.41) is 7.01. The number of para-hydroxylation sites is 1. The van der Waals surface area contributed by atoms with Crippen molar-refractivity contribution in [3.8, 4) is 5.69 Å². The third-order valence-corrected chi connectivity index (χ3v) is 4.09. The summed E-state index contributed by atoms with van der Waals surface area (Å²) in [6.07, 6.45) is 9.97. The van der Waals surface area contributed by atoms with Crippen molar-refractivity contribution in [1.82, 2.24) is 15.1 Å². The molecule has 1 aromatic heterocycles. The van der Waals surface area contributed by atoms with Gasteiger partial charge in [0.25, 0.3) is 5.91 Å². The van der Waals surface area contributed by atoms with Crippen LogP contribution < -0.4 is 5.32 Å². The summed E-state index contributed by atoms with van der Waals surface area (Å²) in [5.74, 6) is -0.731. The lowest BCUT2D eigenvalue weighted by molar-refractivity contribution is -0.152.